The number of fused-ring (bicyclic) bond motifs is 2. The number of nitrogens with one attached hydrogen (secondary N) is 1. The van der Waals surface area contributed by atoms with Crippen LogP contribution in [0.15, 0.2) is 12.5 Å². The Labute approximate surface area is 183 Å². The second kappa shape index (κ2) is 8.08. The molecule has 1 saturated carbocycles. The van der Waals surface area contributed by atoms with Gasteiger partial charge >= 0.3 is 0 Å². The molecule has 1 amide bonds. The molecule has 2 aromatic rings. The highest BCUT2D eigenvalue weighted by Crippen LogP contribution is 2.57. The zero-order chi connectivity index (χ0) is 21.6. The summed E-state index contributed by atoms with van der Waals surface area (Å²) in [6.45, 7) is 12.0. The number of aliphatic hydroxyl groups excluding tert-OH is 1. The summed E-state index contributed by atoms with van der Waals surface area (Å²) in [6, 6.07) is 0. The van der Waals surface area contributed by atoms with Gasteiger partial charge in [-0.2, -0.15) is 0 Å². The molecule has 0 radical (unpaired) electrons. The Morgan fingerprint density at radius 1 is 1.43 bits per heavy atom. The quantitative estimate of drug-likeness (QED) is 0.748. The average molecular weight is 431 g/mol. The molecule has 0 spiro atoms. The fourth-order valence-corrected chi connectivity index (χ4v) is 7.38. The van der Waals surface area contributed by atoms with Crippen LogP contribution >= 0.6 is 11.3 Å². The van der Waals surface area contributed by atoms with E-state index in [-0.39, 0.29) is 35.0 Å². The smallest absolute Gasteiger partial charge is 0.225 e. The van der Waals surface area contributed by atoms with Crippen molar-refractivity contribution in [1.82, 2.24) is 19.9 Å². The number of carbonyl (C=O) groups is 1. The van der Waals surface area contributed by atoms with Gasteiger partial charge in [-0.15, -0.1) is 11.3 Å². The van der Waals surface area contributed by atoms with Crippen LogP contribution in [0.25, 0.3) is 10.7 Å². The largest absolute Gasteiger partial charge is 0.392 e. The van der Waals surface area contributed by atoms with Crippen molar-refractivity contribution >= 4 is 17.2 Å². The zero-order valence-corrected chi connectivity index (χ0v) is 19.5. The van der Waals surface area contributed by atoms with Crippen molar-refractivity contribution in [2.24, 2.45) is 23.2 Å². The van der Waals surface area contributed by atoms with Crippen LogP contribution in [-0.2, 0) is 11.2 Å². The third-order valence-electron chi connectivity index (χ3n) is 7.76. The number of nitrogens with zero attached hydrogens (tertiary/aromatic N) is 3. The molecule has 2 aliphatic rings. The molecular formula is C23H34N4O2S. The van der Waals surface area contributed by atoms with E-state index in [2.05, 4.69) is 23.8 Å². The van der Waals surface area contributed by atoms with Gasteiger partial charge in [0.05, 0.1) is 30.0 Å². The molecule has 6 nitrogen and oxygen atoms in total. The maximum absolute atomic E-state index is 13.0. The fourth-order valence-electron chi connectivity index (χ4n) is 6.04. The van der Waals surface area contributed by atoms with Gasteiger partial charge in [0.1, 0.15) is 5.01 Å². The van der Waals surface area contributed by atoms with Crippen LogP contribution in [0.2, 0.25) is 0 Å². The van der Waals surface area contributed by atoms with Crippen molar-refractivity contribution < 1.29 is 9.90 Å². The van der Waals surface area contributed by atoms with Crippen LogP contribution in [0.5, 0.6) is 0 Å². The van der Waals surface area contributed by atoms with Gasteiger partial charge in [-0.25, -0.2) is 9.97 Å². The van der Waals surface area contributed by atoms with Gasteiger partial charge < -0.3 is 15.0 Å². The fraction of sp³-hybridized carbons (Fsp3) is 0.696. The van der Waals surface area contributed by atoms with Gasteiger partial charge in [0.2, 0.25) is 5.91 Å². The normalized spacial score (nSPS) is 31.7. The van der Waals surface area contributed by atoms with Gasteiger partial charge in [0.15, 0.2) is 0 Å². The lowest BCUT2D eigenvalue weighted by Gasteiger charge is -2.53. The number of hydrogen-bond acceptors (Lipinski definition) is 5. The zero-order valence-electron chi connectivity index (χ0n) is 18.7. The van der Waals surface area contributed by atoms with Gasteiger partial charge in [0.25, 0.3) is 0 Å². The Kier molecular flexibility index (Phi) is 5.79. The molecule has 4 rings (SSSR count). The monoisotopic (exact) mass is 430 g/mol. The van der Waals surface area contributed by atoms with E-state index in [0.29, 0.717) is 0 Å². The van der Waals surface area contributed by atoms with Crippen molar-refractivity contribution in [1.29, 1.82) is 0 Å². The Balaban J connectivity index is 1.62. The number of aromatic amines is 1. The first-order valence-corrected chi connectivity index (χ1v) is 12.1. The number of thiazole rings is 1. The molecule has 7 heteroatoms. The molecule has 2 N–H and O–H groups in total. The summed E-state index contributed by atoms with van der Waals surface area (Å²) < 4.78 is 0. The molecule has 0 saturated heterocycles. The summed E-state index contributed by atoms with van der Waals surface area (Å²) in [7, 11) is 0. The minimum Gasteiger partial charge on any atom is -0.392 e. The maximum atomic E-state index is 13.0. The molecule has 0 aromatic carbocycles. The molecule has 2 aromatic heterocycles. The predicted molar refractivity (Wildman–Crippen MR) is 119 cm³/mol. The minimum absolute atomic E-state index is 0.00545. The molecule has 6 unspecified atom stereocenters. The highest BCUT2D eigenvalue weighted by molar-refractivity contribution is 7.15. The number of H-pyrrole nitrogens is 1. The predicted octanol–water partition coefficient (Wildman–Crippen LogP) is 4.09. The van der Waals surface area contributed by atoms with Crippen LogP contribution in [0.1, 0.15) is 63.9 Å². The number of amides is 1. The molecule has 2 aliphatic carbocycles. The number of aliphatic hydroxyl groups is 1. The summed E-state index contributed by atoms with van der Waals surface area (Å²) in [5.74, 6) is 0.305. The average Bonchev–Trinajstić information content (AvgIpc) is 3.38. The van der Waals surface area contributed by atoms with E-state index in [9.17, 15) is 9.90 Å². The summed E-state index contributed by atoms with van der Waals surface area (Å²) in [4.78, 5) is 28.5. The van der Waals surface area contributed by atoms with E-state index >= 15 is 0 Å². The van der Waals surface area contributed by atoms with Crippen molar-refractivity contribution in [3.05, 3.63) is 23.1 Å². The summed E-state index contributed by atoms with van der Waals surface area (Å²) >= 11 is 1.75. The van der Waals surface area contributed by atoms with E-state index in [1.54, 1.807) is 17.7 Å². The standard InChI is InChI=1S/C23H34N4O2S/c1-6-27(7-2)22(29)13(3)15-8-9-23(5)10-17-19(14(4)18(23)20(15)28)26-21(30-17)16-11-24-12-25-16/h11-15,18,20,28H,6-10H2,1-5H3,(H,24,25). The van der Waals surface area contributed by atoms with Crippen molar-refractivity contribution in [2.45, 2.75) is 65.9 Å². The SMILES string of the molecule is CCN(CC)C(=O)C(C)C1CCC2(C)Cc3sc(-c4cnc[nH]4)nc3C(C)C2C1O. The Hall–Kier alpha value is -1.73. The lowest BCUT2D eigenvalue weighted by molar-refractivity contribution is -0.144. The summed E-state index contributed by atoms with van der Waals surface area (Å²) in [6.07, 6.45) is 5.90. The van der Waals surface area contributed by atoms with E-state index in [1.807, 2.05) is 31.9 Å². The lowest BCUT2D eigenvalue weighted by atomic mass is 9.53. The first-order valence-electron chi connectivity index (χ1n) is 11.3. The molecule has 0 bridgehead atoms. The highest BCUT2D eigenvalue weighted by atomic mass is 32.1. The Morgan fingerprint density at radius 2 is 2.17 bits per heavy atom. The first-order chi connectivity index (χ1) is 14.3. The lowest BCUT2D eigenvalue weighted by Crippen LogP contribution is -2.53. The van der Waals surface area contributed by atoms with E-state index in [0.717, 1.165) is 48.7 Å². The first kappa shape index (κ1) is 21.5. The molecule has 1 fully saturated rings. The van der Waals surface area contributed by atoms with E-state index in [4.69, 9.17) is 4.98 Å². The van der Waals surface area contributed by atoms with Gasteiger partial charge in [-0.3, -0.25) is 4.79 Å². The molecular weight excluding hydrogens is 396 g/mol. The molecule has 2 heterocycles. The number of hydrogen-bond donors (Lipinski definition) is 2. The number of aromatic nitrogens is 3. The highest BCUT2D eigenvalue weighted by Gasteiger charge is 2.54. The van der Waals surface area contributed by atoms with E-state index < -0.39 is 6.10 Å². The van der Waals surface area contributed by atoms with E-state index in [1.165, 1.54) is 4.88 Å². The summed E-state index contributed by atoms with van der Waals surface area (Å²) in [5, 5.41) is 12.5. The van der Waals surface area contributed by atoms with Crippen molar-refractivity contribution in [3.63, 3.8) is 0 Å². The number of carbonyl (C=O) groups excluding carboxylic acids is 1. The second-order valence-corrected chi connectivity index (χ2v) is 10.5. The Morgan fingerprint density at radius 3 is 2.80 bits per heavy atom. The molecule has 164 valence electrons. The summed E-state index contributed by atoms with van der Waals surface area (Å²) in [5.41, 5.74) is 2.11. The van der Waals surface area contributed by atoms with Crippen LogP contribution in [0, 0.1) is 23.2 Å². The third-order valence-corrected chi connectivity index (χ3v) is 8.86. The number of imidazole rings is 1. The molecule has 6 atom stereocenters. The van der Waals surface area contributed by atoms with Gasteiger partial charge in [-0.1, -0.05) is 20.8 Å². The van der Waals surface area contributed by atoms with Crippen LogP contribution in [0.4, 0.5) is 0 Å². The maximum Gasteiger partial charge on any atom is 0.225 e. The molecule has 0 aliphatic heterocycles. The minimum atomic E-state index is -0.487. The number of rotatable bonds is 5. The topological polar surface area (TPSA) is 82.1 Å². The second-order valence-electron chi connectivity index (χ2n) is 9.43. The third kappa shape index (κ3) is 3.40. The Bertz CT molecular complexity index is 891. The molecule has 30 heavy (non-hydrogen) atoms. The van der Waals surface area contributed by atoms with Gasteiger partial charge in [-0.05, 0) is 50.4 Å². The van der Waals surface area contributed by atoms with Crippen molar-refractivity contribution in [3.8, 4) is 10.7 Å². The van der Waals surface area contributed by atoms with Crippen LogP contribution in [-0.4, -0.2) is 50.1 Å². The van der Waals surface area contributed by atoms with Gasteiger partial charge in [0, 0.05) is 29.8 Å². The van der Waals surface area contributed by atoms with Crippen molar-refractivity contribution in [2.75, 3.05) is 13.1 Å². The van der Waals surface area contributed by atoms with Crippen LogP contribution < -0.4 is 0 Å². The van der Waals surface area contributed by atoms with Crippen LogP contribution in [0.3, 0.4) is 0 Å².